The first-order valence-corrected chi connectivity index (χ1v) is 12.9. The number of nitrogen functional groups attached to an aromatic ring is 1. The van der Waals surface area contributed by atoms with Gasteiger partial charge in [-0.3, -0.25) is 4.98 Å². The number of anilines is 1. The highest BCUT2D eigenvalue weighted by Gasteiger charge is 2.31. The smallest absolute Gasteiger partial charge is 0.410 e. The molecule has 1 fully saturated rings. The number of hydrogen-bond donors (Lipinski definition) is 1. The third-order valence-corrected chi connectivity index (χ3v) is 6.51. The molecule has 0 aliphatic carbocycles. The van der Waals surface area contributed by atoms with Crippen molar-refractivity contribution < 1.29 is 14.3 Å². The standard InChI is InChI=1S/C27H30ClN7O3/c1-27(2,3)38-26(36)34-12-6-8-19(14-34)35-25-22(24(29)31-16-32-25)23(33-35)17-9-10-21(20(28)13-17)37-15-18-7-4-5-11-30-18/h4-5,7,9-11,13,16,19H,6,8,12,14-15H2,1-3H3,(H2,29,31,32)/t19-/m1/s1. The maximum atomic E-state index is 12.7. The van der Waals surface area contributed by atoms with E-state index in [1.165, 1.54) is 6.33 Å². The molecule has 5 rings (SSSR count). The molecular weight excluding hydrogens is 506 g/mol. The van der Waals surface area contributed by atoms with Crippen molar-refractivity contribution in [3.05, 3.63) is 59.6 Å². The predicted octanol–water partition coefficient (Wildman–Crippen LogP) is 5.27. The summed E-state index contributed by atoms with van der Waals surface area (Å²) >= 11 is 6.60. The van der Waals surface area contributed by atoms with Gasteiger partial charge in [-0.2, -0.15) is 5.10 Å². The normalized spacial score (nSPS) is 16.0. The molecule has 4 aromatic rings. The number of carbonyl (C=O) groups excluding carboxylic acids is 1. The maximum absolute atomic E-state index is 12.7. The average molecular weight is 536 g/mol. The van der Waals surface area contributed by atoms with E-state index in [0.29, 0.717) is 53.0 Å². The quantitative estimate of drug-likeness (QED) is 0.366. The van der Waals surface area contributed by atoms with Crippen molar-refractivity contribution in [3.63, 3.8) is 0 Å². The van der Waals surface area contributed by atoms with E-state index >= 15 is 0 Å². The summed E-state index contributed by atoms with van der Waals surface area (Å²) in [4.78, 5) is 27.5. The maximum Gasteiger partial charge on any atom is 0.410 e. The Bertz CT molecular complexity index is 1450. The SMILES string of the molecule is CC(C)(C)OC(=O)N1CCC[C@@H](n2nc(-c3ccc(OCc4ccccn4)c(Cl)c3)c3c(N)ncnc32)C1. The van der Waals surface area contributed by atoms with E-state index in [4.69, 9.17) is 31.9 Å². The minimum absolute atomic E-state index is 0.0988. The minimum Gasteiger partial charge on any atom is -0.486 e. The molecule has 3 aromatic heterocycles. The number of hydrogen-bond acceptors (Lipinski definition) is 8. The van der Waals surface area contributed by atoms with Gasteiger partial charge in [0.05, 0.1) is 22.1 Å². The third-order valence-electron chi connectivity index (χ3n) is 6.22. The Morgan fingerprint density at radius 1 is 1.18 bits per heavy atom. The van der Waals surface area contributed by atoms with Gasteiger partial charge in [-0.05, 0) is 63.9 Å². The highest BCUT2D eigenvalue weighted by Crippen LogP contribution is 2.37. The summed E-state index contributed by atoms with van der Waals surface area (Å²) in [5.41, 5.74) is 8.52. The number of benzene rings is 1. The van der Waals surface area contributed by atoms with E-state index in [1.54, 1.807) is 23.2 Å². The van der Waals surface area contributed by atoms with Crippen LogP contribution in [0.15, 0.2) is 48.9 Å². The van der Waals surface area contributed by atoms with Crippen LogP contribution in [0.1, 0.15) is 45.3 Å². The number of likely N-dealkylation sites (tertiary alicyclic amines) is 1. The second-order valence-corrected chi connectivity index (χ2v) is 10.6. The van der Waals surface area contributed by atoms with Gasteiger partial charge >= 0.3 is 6.09 Å². The average Bonchev–Trinajstić information content (AvgIpc) is 3.29. The first-order valence-electron chi connectivity index (χ1n) is 12.5. The monoisotopic (exact) mass is 535 g/mol. The van der Waals surface area contributed by atoms with E-state index in [0.717, 1.165) is 24.1 Å². The van der Waals surface area contributed by atoms with Crippen LogP contribution in [0.2, 0.25) is 5.02 Å². The van der Waals surface area contributed by atoms with Crippen molar-refractivity contribution in [2.24, 2.45) is 0 Å². The number of ether oxygens (including phenoxy) is 2. The number of nitrogens with zero attached hydrogens (tertiary/aromatic N) is 6. The van der Waals surface area contributed by atoms with Crippen LogP contribution in [0.5, 0.6) is 5.75 Å². The Kier molecular flexibility index (Phi) is 7.07. The van der Waals surface area contributed by atoms with Gasteiger partial charge in [0.1, 0.15) is 35.8 Å². The molecule has 0 saturated carbocycles. The molecule has 0 bridgehead atoms. The number of rotatable bonds is 5. The molecule has 1 amide bonds. The summed E-state index contributed by atoms with van der Waals surface area (Å²) < 4.78 is 13.3. The van der Waals surface area contributed by atoms with Gasteiger partial charge in [0.2, 0.25) is 0 Å². The predicted molar refractivity (Wildman–Crippen MR) is 145 cm³/mol. The van der Waals surface area contributed by atoms with Crippen molar-refractivity contribution in [1.82, 2.24) is 29.6 Å². The van der Waals surface area contributed by atoms with Crippen LogP contribution in [-0.4, -0.2) is 54.4 Å². The van der Waals surface area contributed by atoms with Gasteiger partial charge in [0.25, 0.3) is 0 Å². The zero-order chi connectivity index (χ0) is 26.9. The number of halogens is 1. The van der Waals surface area contributed by atoms with Crippen molar-refractivity contribution in [2.45, 2.75) is 51.9 Å². The lowest BCUT2D eigenvalue weighted by atomic mass is 10.1. The second-order valence-electron chi connectivity index (χ2n) is 10.2. The molecule has 0 unspecified atom stereocenters. The lowest BCUT2D eigenvalue weighted by Gasteiger charge is -2.34. The largest absolute Gasteiger partial charge is 0.486 e. The van der Waals surface area contributed by atoms with Gasteiger partial charge in [0, 0.05) is 24.8 Å². The molecule has 1 aliphatic rings. The molecule has 1 atom stereocenters. The van der Waals surface area contributed by atoms with E-state index in [-0.39, 0.29) is 12.1 Å². The van der Waals surface area contributed by atoms with Crippen LogP contribution < -0.4 is 10.5 Å². The van der Waals surface area contributed by atoms with Gasteiger partial charge in [-0.1, -0.05) is 17.7 Å². The Morgan fingerprint density at radius 2 is 2.03 bits per heavy atom. The Morgan fingerprint density at radius 3 is 2.76 bits per heavy atom. The Hall–Kier alpha value is -3.92. The van der Waals surface area contributed by atoms with Crippen LogP contribution in [0.25, 0.3) is 22.3 Å². The van der Waals surface area contributed by atoms with Crippen LogP contribution in [-0.2, 0) is 11.3 Å². The first-order chi connectivity index (χ1) is 18.2. The van der Waals surface area contributed by atoms with Crippen LogP contribution >= 0.6 is 11.6 Å². The van der Waals surface area contributed by atoms with Crippen molar-refractivity contribution >= 4 is 34.5 Å². The molecule has 1 aromatic carbocycles. The highest BCUT2D eigenvalue weighted by molar-refractivity contribution is 6.32. The van der Waals surface area contributed by atoms with Crippen LogP contribution in [0.4, 0.5) is 10.6 Å². The second kappa shape index (κ2) is 10.4. The molecule has 1 saturated heterocycles. The lowest BCUT2D eigenvalue weighted by molar-refractivity contribution is 0.0169. The topological polar surface area (TPSA) is 121 Å². The Labute approximate surface area is 225 Å². The molecule has 38 heavy (non-hydrogen) atoms. The van der Waals surface area contributed by atoms with Gasteiger partial charge in [-0.15, -0.1) is 0 Å². The summed E-state index contributed by atoms with van der Waals surface area (Å²) in [5, 5.41) is 6.00. The van der Waals surface area contributed by atoms with Gasteiger partial charge in [-0.25, -0.2) is 19.4 Å². The molecule has 1 aliphatic heterocycles. The summed E-state index contributed by atoms with van der Waals surface area (Å²) in [5.74, 6) is 0.858. The van der Waals surface area contributed by atoms with Crippen molar-refractivity contribution in [1.29, 1.82) is 0 Å². The number of pyridine rings is 1. The number of amides is 1. The fourth-order valence-corrected chi connectivity index (χ4v) is 4.73. The minimum atomic E-state index is -0.565. The lowest BCUT2D eigenvalue weighted by Crippen LogP contribution is -2.43. The number of carbonyl (C=O) groups is 1. The molecule has 198 valence electrons. The molecule has 10 nitrogen and oxygen atoms in total. The molecule has 0 radical (unpaired) electrons. The summed E-state index contributed by atoms with van der Waals surface area (Å²) in [7, 11) is 0. The van der Waals surface area contributed by atoms with Crippen molar-refractivity contribution in [2.75, 3.05) is 18.8 Å². The number of fused-ring (bicyclic) bond motifs is 1. The zero-order valence-electron chi connectivity index (χ0n) is 21.6. The zero-order valence-corrected chi connectivity index (χ0v) is 22.4. The van der Waals surface area contributed by atoms with E-state index in [1.807, 2.05) is 49.7 Å². The summed E-state index contributed by atoms with van der Waals surface area (Å²) in [6, 6.07) is 11.0. The van der Waals surface area contributed by atoms with E-state index in [2.05, 4.69) is 15.0 Å². The van der Waals surface area contributed by atoms with Gasteiger partial charge < -0.3 is 20.1 Å². The Balaban J connectivity index is 1.44. The fourth-order valence-electron chi connectivity index (χ4n) is 4.50. The molecule has 11 heteroatoms. The van der Waals surface area contributed by atoms with E-state index < -0.39 is 5.60 Å². The van der Waals surface area contributed by atoms with Crippen LogP contribution in [0.3, 0.4) is 0 Å². The first kappa shape index (κ1) is 25.7. The van der Waals surface area contributed by atoms with Crippen LogP contribution in [0, 0.1) is 0 Å². The van der Waals surface area contributed by atoms with Gasteiger partial charge in [0.15, 0.2) is 5.65 Å². The van der Waals surface area contributed by atoms with Crippen molar-refractivity contribution in [3.8, 4) is 17.0 Å². The number of aromatic nitrogens is 5. The molecule has 2 N–H and O–H groups in total. The highest BCUT2D eigenvalue weighted by atomic mass is 35.5. The summed E-state index contributed by atoms with van der Waals surface area (Å²) in [6.07, 6.45) is 4.46. The molecular formula is C27H30ClN7O3. The third kappa shape index (κ3) is 5.50. The summed E-state index contributed by atoms with van der Waals surface area (Å²) in [6.45, 7) is 6.96. The fraction of sp³-hybridized carbons (Fsp3) is 0.370. The molecule has 0 spiro atoms. The molecule has 4 heterocycles. The van der Waals surface area contributed by atoms with E-state index in [9.17, 15) is 4.79 Å². The number of nitrogens with two attached hydrogens (primary N) is 1. The number of piperidine rings is 1.